The summed E-state index contributed by atoms with van der Waals surface area (Å²) in [6.45, 7) is 4.67. The smallest absolute Gasteiger partial charge is 0.305 e. The molecule has 1 aliphatic rings. The van der Waals surface area contributed by atoms with E-state index in [1.165, 1.54) is 7.11 Å². The molecule has 1 fully saturated rings. The van der Waals surface area contributed by atoms with Gasteiger partial charge in [-0.15, -0.1) is 0 Å². The first-order valence-corrected chi connectivity index (χ1v) is 9.22. The Hall–Kier alpha value is -1.38. The van der Waals surface area contributed by atoms with E-state index in [9.17, 15) is 9.90 Å². The maximum Gasteiger partial charge on any atom is 0.305 e. The summed E-state index contributed by atoms with van der Waals surface area (Å²) in [5, 5.41) is 14.2. The van der Waals surface area contributed by atoms with Crippen LogP contribution in [-0.2, 0) is 23.7 Å². The first kappa shape index (κ1) is 22.7. The summed E-state index contributed by atoms with van der Waals surface area (Å²) < 4.78 is 21.9. The molecule has 0 aromatic rings. The van der Waals surface area contributed by atoms with Crippen molar-refractivity contribution in [3.05, 3.63) is 10.4 Å². The van der Waals surface area contributed by atoms with Crippen LogP contribution >= 0.6 is 0 Å². The van der Waals surface area contributed by atoms with Crippen LogP contribution in [0.3, 0.4) is 0 Å². The number of esters is 1. The molecule has 0 aliphatic carbocycles. The zero-order chi connectivity index (χ0) is 19.4. The molecule has 1 rings (SSSR count). The lowest BCUT2D eigenvalue weighted by molar-refractivity contribution is -0.280. The molecular weight excluding hydrogens is 342 g/mol. The summed E-state index contributed by atoms with van der Waals surface area (Å²) in [6, 6.07) is -0.716. The molecule has 1 heterocycles. The van der Waals surface area contributed by atoms with Crippen LogP contribution in [0.2, 0.25) is 0 Å². The molecule has 1 N–H and O–H groups in total. The number of carbonyl (C=O) groups is 1. The van der Waals surface area contributed by atoms with Crippen molar-refractivity contribution in [2.75, 3.05) is 20.3 Å². The van der Waals surface area contributed by atoms with Crippen molar-refractivity contribution in [3.63, 3.8) is 0 Å². The Balaban J connectivity index is 2.50. The summed E-state index contributed by atoms with van der Waals surface area (Å²) >= 11 is 0. The molecule has 150 valence electrons. The first-order chi connectivity index (χ1) is 12.5. The van der Waals surface area contributed by atoms with E-state index in [0.29, 0.717) is 19.6 Å². The van der Waals surface area contributed by atoms with E-state index in [-0.39, 0.29) is 5.97 Å². The van der Waals surface area contributed by atoms with E-state index in [1.807, 2.05) is 6.92 Å². The fraction of sp³-hybridized carbons (Fsp3) is 0.941. The van der Waals surface area contributed by atoms with Crippen LogP contribution in [0, 0.1) is 0 Å². The number of hydrogen-bond acceptors (Lipinski definition) is 7. The van der Waals surface area contributed by atoms with Crippen LogP contribution in [0.1, 0.15) is 52.4 Å². The molecule has 9 heteroatoms. The predicted molar refractivity (Wildman–Crippen MR) is 94.4 cm³/mol. The lowest BCUT2D eigenvalue weighted by Gasteiger charge is -2.41. The number of rotatable bonds is 12. The maximum atomic E-state index is 11.1. The second-order valence-corrected chi connectivity index (χ2v) is 6.34. The summed E-state index contributed by atoms with van der Waals surface area (Å²) in [7, 11) is 1.38. The van der Waals surface area contributed by atoms with Crippen molar-refractivity contribution in [2.24, 2.45) is 5.11 Å². The third kappa shape index (κ3) is 7.47. The molecule has 1 saturated heterocycles. The average Bonchev–Trinajstić information content (AvgIpc) is 2.63. The summed E-state index contributed by atoms with van der Waals surface area (Å²) in [5.41, 5.74) is 8.69. The van der Waals surface area contributed by atoms with Gasteiger partial charge >= 0.3 is 5.97 Å². The lowest BCUT2D eigenvalue weighted by atomic mass is 9.97. The van der Waals surface area contributed by atoms with Crippen LogP contribution in [0.4, 0.5) is 0 Å². The summed E-state index contributed by atoms with van der Waals surface area (Å²) in [5.74, 6) is -0.216. The van der Waals surface area contributed by atoms with E-state index in [1.54, 1.807) is 6.92 Å². The maximum absolute atomic E-state index is 11.1. The van der Waals surface area contributed by atoms with Gasteiger partial charge in [0.2, 0.25) is 0 Å². The van der Waals surface area contributed by atoms with Gasteiger partial charge in [0.25, 0.3) is 0 Å². The van der Waals surface area contributed by atoms with Gasteiger partial charge in [-0.3, -0.25) is 4.79 Å². The fourth-order valence-electron chi connectivity index (χ4n) is 2.75. The first-order valence-electron chi connectivity index (χ1n) is 9.22. The number of hydrogen-bond donors (Lipinski definition) is 1. The Morgan fingerprint density at radius 1 is 1.23 bits per heavy atom. The highest BCUT2D eigenvalue weighted by molar-refractivity contribution is 5.68. The van der Waals surface area contributed by atoms with Crippen LogP contribution in [-0.4, -0.2) is 62.0 Å². The van der Waals surface area contributed by atoms with E-state index < -0.39 is 30.6 Å². The molecule has 1 aliphatic heterocycles. The quantitative estimate of drug-likeness (QED) is 0.184. The molecule has 26 heavy (non-hydrogen) atoms. The number of methoxy groups -OCH3 is 1. The molecule has 0 spiro atoms. The van der Waals surface area contributed by atoms with Gasteiger partial charge in [-0.05, 0) is 31.7 Å². The minimum atomic E-state index is -0.990. The fourth-order valence-corrected chi connectivity index (χ4v) is 2.75. The summed E-state index contributed by atoms with van der Waals surface area (Å²) in [6.07, 6.45) is 1.62. The highest BCUT2D eigenvalue weighted by Crippen LogP contribution is 2.27. The lowest BCUT2D eigenvalue weighted by Crippen LogP contribution is -2.57. The normalized spacial score (nSPS) is 28.4. The van der Waals surface area contributed by atoms with Gasteiger partial charge in [0.05, 0.1) is 25.4 Å². The third-order valence-electron chi connectivity index (χ3n) is 4.31. The third-order valence-corrected chi connectivity index (χ3v) is 4.31. The van der Waals surface area contributed by atoms with E-state index in [0.717, 1.165) is 32.1 Å². The number of ether oxygens (including phenoxy) is 4. The topological polar surface area (TPSA) is 123 Å². The molecule has 0 saturated carbocycles. The zero-order valence-electron chi connectivity index (χ0n) is 15.9. The van der Waals surface area contributed by atoms with E-state index in [2.05, 4.69) is 14.8 Å². The molecular formula is C17H31N3O6. The second-order valence-electron chi connectivity index (χ2n) is 6.34. The van der Waals surface area contributed by atoms with E-state index in [4.69, 9.17) is 19.7 Å². The minimum Gasteiger partial charge on any atom is -0.469 e. The van der Waals surface area contributed by atoms with Crippen LogP contribution in [0.15, 0.2) is 5.11 Å². The van der Waals surface area contributed by atoms with Crippen molar-refractivity contribution in [3.8, 4) is 0 Å². The molecule has 2 unspecified atom stereocenters. The number of aliphatic hydroxyl groups is 1. The van der Waals surface area contributed by atoms with Gasteiger partial charge in [0.1, 0.15) is 6.10 Å². The Kier molecular flexibility index (Phi) is 11.2. The summed E-state index contributed by atoms with van der Waals surface area (Å²) in [4.78, 5) is 13.8. The monoisotopic (exact) mass is 373 g/mol. The van der Waals surface area contributed by atoms with Gasteiger partial charge in [0, 0.05) is 24.5 Å². The van der Waals surface area contributed by atoms with Crippen molar-refractivity contribution in [1.82, 2.24) is 0 Å². The standard InChI is InChI=1S/C17H31N3O6/c1-4-5-10-24-16-15(22)14(19-20-18)12(2)26-17(16)25-11-8-6-7-9-13(21)23-3/h12,14-17,22H,4-11H2,1-3H3/t12?,14-,15?,16-,17+/m1/s1. The number of nitrogens with zero attached hydrogens (tertiary/aromatic N) is 3. The van der Waals surface area contributed by atoms with Gasteiger partial charge < -0.3 is 24.1 Å². The molecule has 5 atom stereocenters. The Bertz CT molecular complexity index is 458. The van der Waals surface area contributed by atoms with Gasteiger partial charge in [-0.2, -0.15) is 0 Å². The number of carbonyl (C=O) groups excluding carboxylic acids is 1. The van der Waals surface area contributed by atoms with Gasteiger partial charge in [0.15, 0.2) is 6.29 Å². The molecule has 0 bridgehead atoms. The Labute approximate surface area is 154 Å². The average molecular weight is 373 g/mol. The second kappa shape index (κ2) is 12.9. The minimum absolute atomic E-state index is 0.216. The molecule has 0 aromatic heterocycles. The number of aliphatic hydroxyl groups excluding tert-OH is 1. The molecule has 9 nitrogen and oxygen atoms in total. The van der Waals surface area contributed by atoms with Crippen LogP contribution < -0.4 is 0 Å². The van der Waals surface area contributed by atoms with Crippen LogP contribution in [0.5, 0.6) is 0 Å². The largest absolute Gasteiger partial charge is 0.469 e. The van der Waals surface area contributed by atoms with Crippen molar-refractivity contribution in [2.45, 2.75) is 83.0 Å². The number of unbranched alkanes of at least 4 members (excludes halogenated alkanes) is 3. The van der Waals surface area contributed by atoms with Gasteiger partial charge in [-0.25, -0.2) is 0 Å². The van der Waals surface area contributed by atoms with Gasteiger partial charge in [-0.1, -0.05) is 24.9 Å². The van der Waals surface area contributed by atoms with Crippen molar-refractivity contribution in [1.29, 1.82) is 0 Å². The highest BCUT2D eigenvalue weighted by Gasteiger charge is 2.44. The zero-order valence-corrected chi connectivity index (χ0v) is 15.9. The molecule has 0 amide bonds. The Morgan fingerprint density at radius 2 is 1.96 bits per heavy atom. The highest BCUT2D eigenvalue weighted by atomic mass is 16.7. The van der Waals surface area contributed by atoms with Crippen LogP contribution in [0.25, 0.3) is 10.4 Å². The molecule has 0 radical (unpaired) electrons. The predicted octanol–water partition coefficient (Wildman–Crippen LogP) is 2.71. The van der Waals surface area contributed by atoms with Crippen molar-refractivity contribution < 1.29 is 28.8 Å². The number of azide groups is 1. The van der Waals surface area contributed by atoms with Crippen molar-refractivity contribution >= 4 is 5.97 Å². The molecule has 0 aromatic carbocycles. The van der Waals surface area contributed by atoms with E-state index >= 15 is 0 Å². The SMILES string of the molecule is CCCCO[C@@H]1C(O)[C@H](N=[N+]=[N-])C(C)O[C@@H]1OCCCCCC(=O)OC. The Morgan fingerprint density at radius 3 is 2.62 bits per heavy atom.